The number of nitrogens with zero attached hydrogens (tertiary/aromatic N) is 4. The maximum absolute atomic E-state index is 11.2. The minimum absolute atomic E-state index is 0.0741. The van der Waals surface area contributed by atoms with Gasteiger partial charge in [0.25, 0.3) is 0 Å². The zero-order valence-corrected chi connectivity index (χ0v) is 15.8. The van der Waals surface area contributed by atoms with E-state index >= 15 is 0 Å². The van der Waals surface area contributed by atoms with E-state index in [2.05, 4.69) is 21.5 Å². The van der Waals surface area contributed by atoms with Gasteiger partial charge < -0.3 is 10.4 Å². The first kappa shape index (κ1) is 19.1. The van der Waals surface area contributed by atoms with Gasteiger partial charge in [0, 0.05) is 36.3 Å². The number of carbonyl (C=O) groups is 1. The van der Waals surface area contributed by atoms with Gasteiger partial charge in [0.15, 0.2) is 0 Å². The smallest absolute Gasteiger partial charge is 0.303 e. The van der Waals surface area contributed by atoms with E-state index in [1.54, 1.807) is 23.0 Å². The van der Waals surface area contributed by atoms with Crippen molar-refractivity contribution in [3.05, 3.63) is 60.0 Å². The molecular weight excluding hydrogens is 354 g/mol. The summed E-state index contributed by atoms with van der Waals surface area (Å²) in [6.45, 7) is 1.98. The van der Waals surface area contributed by atoms with E-state index in [0.717, 1.165) is 28.8 Å². The van der Waals surface area contributed by atoms with Crippen LogP contribution in [0.2, 0.25) is 0 Å². The number of nitrogens with one attached hydrogen (secondary N) is 1. The predicted octanol–water partition coefficient (Wildman–Crippen LogP) is 4.07. The van der Waals surface area contributed by atoms with Gasteiger partial charge in [-0.2, -0.15) is 10.4 Å². The molecule has 1 aromatic carbocycles. The first-order chi connectivity index (χ1) is 13.5. The van der Waals surface area contributed by atoms with Crippen LogP contribution >= 0.6 is 0 Å². The quantitative estimate of drug-likeness (QED) is 0.645. The highest BCUT2D eigenvalue weighted by molar-refractivity contribution is 5.80. The highest BCUT2D eigenvalue weighted by Gasteiger charge is 2.17. The van der Waals surface area contributed by atoms with Gasteiger partial charge >= 0.3 is 5.97 Å². The van der Waals surface area contributed by atoms with E-state index < -0.39 is 5.97 Å². The maximum atomic E-state index is 11.2. The maximum Gasteiger partial charge on any atom is 0.303 e. The number of anilines is 2. The van der Waals surface area contributed by atoms with E-state index in [9.17, 15) is 9.90 Å². The van der Waals surface area contributed by atoms with E-state index in [0.29, 0.717) is 11.4 Å². The molecule has 0 aliphatic heterocycles. The number of aliphatic carboxylic acids is 1. The summed E-state index contributed by atoms with van der Waals surface area (Å²) in [5.41, 5.74) is 4.13. The largest absolute Gasteiger partial charge is 0.481 e. The van der Waals surface area contributed by atoms with Crippen molar-refractivity contribution < 1.29 is 9.90 Å². The molecule has 28 heavy (non-hydrogen) atoms. The molecule has 0 bridgehead atoms. The molecule has 2 aromatic heterocycles. The lowest BCUT2D eigenvalue weighted by Crippen LogP contribution is -2.06. The lowest BCUT2D eigenvalue weighted by atomic mass is 9.91. The van der Waals surface area contributed by atoms with Crippen molar-refractivity contribution in [3.63, 3.8) is 0 Å². The van der Waals surface area contributed by atoms with E-state index in [1.165, 1.54) is 6.20 Å². The molecular formula is C21H21N5O2. The molecule has 7 nitrogen and oxygen atoms in total. The van der Waals surface area contributed by atoms with E-state index in [4.69, 9.17) is 5.26 Å². The van der Waals surface area contributed by atoms with Crippen molar-refractivity contribution in [2.24, 2.45) is 7.05 Å². The molecule has 2 N–H and O–H groups in total. The molecule has 2 heterocycles. The van der Waals surface area contributed by atoms with Gasteiger partial charge in [-0.05, 0) is 36.1 Å². The molecule has 0 saturated heterocycles. The Morgan fingerprint density at radius 2 is 2.14 bits per heavy atom. The Labute approximate surface area is 163 Å². The first-order valence-electron chi connectivity index (χ1n) is 8.98. The molecule has 0 spiro atoms. The Bertz CT molecular complexity index is 1020. The van der Waals surface area contributed by atoms with Crippen LogP contribution in [0.15, 0.2) is 48.9 Å². The Hall–Kier alpha value is -3.66. The highest BCUT2D eigenvalue weighted by atomic mass is 16.4. The van der Waals surface area contributed by atoms with Crippen molar-refractivity contribution in [2.45, 2.75) is 25.7 Å². The first-order valence-corrected chi connectivity index (χ1v) is 8.98. The number of carboxylic acid groups (broad SMARTS) is 1. The van der Waals surface area contributed by atoms with Crippen LogP contribution in [0.5, 0.6) is 0 Å². The molecule has 1 unspecified atom stereocenters. The van der Waals surface area contributed by atoms with Crippen molar-refractivity contribution in [2.75, 3.05) is 5.32 Å². The van der Waals surface area contributed by atoms with Crippen molar-refractivity contribution in [1.29, 1.82) is 5.26 Å². The number of hydrogen-bond donors (Lipinski definition) is 2. The number of hydrogen-bond acceptors (Lipinski definition) is 5. The number of aryl methyl sites for hydroxylation is 1. The average Bonchev–Trinajstić information content (AvgIpc) is 3.12. The van der Waals surface area contributed by atoms with Crippen molar-refractivity contribution in [1.82, 2.24) is 14.8 Å². The minimum Gasteiger partial charge on any atom is -0.481 e. The number of aromatic nitrogens is 3. The second kappa shape index (κ2) is 8.35. The second-order valence-electron chi connectivity index (χ2n) is 6.58. The fourth-order valence-electron chi connectivity index (χ4n) is 3.11. The van der Waals surface area contributed by atoms with Gasteiger partial charge in [-0.25, -0.2) is 4.98 Å². The molecule has 142 valence electrons. The number of rotatable bonds is 7. The molecule has 1 atom stereocenters. The average molecular weight is 375 g/mol. The van der Waals surface area contributed by atoms with Crippen LogP contribution in [0.3, 0.4) is 0 Å². The minimum atomic E-state index is -0.813. The monoisotopic (exact) mass is 375 g/mol. The fourth-order valence-corrected chi connectivity index (χ4v) is 3.11. The number of pyridine rings is 1. The van der Waals surface area contributed by atoms with Gasteiger partial charge in [0.05, 0.1) is 18.2 Å². The van der Waals surface area contributed by atoms with Crippen molar-refractivity contribution in [3.8, 4) is 17.2 Å². The van der Waals surface area contributed by atoms with Crippen LogP contribution in [0, 0.1) is 11.3 Å². The third-order valence-corrected chi connectivity index (χ3v) is 4.60. The molecule has 3 aromatic rings. The zero-order valence-electron chi connectivity index (χ0n) is 15.8. The highest BCUT2D eigenvalue weighted by Crippen LogP contribution is 2.34. The van der Waals surface area contributed by atoms with Gasteiger partial charge in [0.2, 0.25) is 0 Å². The predicted molar refractivity (Wildman–Crippen MR) is 106 cm³/mol. The number of carboxylic acids is 1. The van der Waals surface area contributed by atoms with Gasteiger partial charge in [-0.3, -0.25) is 9.48 Å². The summed E-state index contributed by atoms with van der Waals surface area (Å²) in [6.07, 6.45) is 6.02. The van der Waals surface area contributed by atoms with Crippen LogP contribution in [0.4, 0.5) is 11.5 Å². The molecule has 3 rings (SSSR count). The summed E-state index contributed by atoms with van der Waals surface area (Å²) in [7, 11) is 1.85. The summed E-state index contributed by atoms with van der Waals surface area (Å²) < 4.78 is 1.73. The van der Waals surface area contributed by atoms with Crippen LogP contribution < -0.4 is 5.32 Å². The van der Waals surface area contributed by atoms with Crippen molar-refractivity contribution >= 4 is 17.5 Å². The SMILES string of the molecule is CCC(CC(=O)O)c1ccc(-c2cnn(C)c2)c(Nc2ccc(C#N)cn2)c1. The normalized spacial score (nSPS) is 11.6. The molecule has 0 fully saturated rings. The molecule has 0 saturated carbocycles. The van der Waals surface area contributed by atoms with Gasteiger partial charge in [-0.1, -0.05) is 19.1 Å². The summed E-state index contributed by atoms with van der Waals surface area (Å²) in [6, 6.07) is 11.4. The zero-order chi connectivity index (χ0) is 20.1. The van der Waals surface area contributed by atoms with Crippen LogP contribution in [-0.2, 0) is 11.8 Å². The van der Waals surface area contributed by atoms with Crippen LogP contribution in [0.1, 0.15) is 36.8 Å². The summed E-state index contributed by atoms with van der Waals surface area (Å²) in [5, 5.41) is 25.7. The topological polar surface area (TPSA) is 104 Å². The lowest BCUT2D eigenvalue weighted by molar-refractivity contribution is -0.137. The Kier molecular flexibility index (Phi) is 5.70. The van der Waals surface area contributed by atoms with Gasteiger partial charge in [-0.15, -0.1) is 0 Å². The Morgan fingerprint density at radius 1 is 1.32 bits per heavy atom. The van der Waals surface area contributed by atoms with E-state index in [1.807, 2.05) is 38.4 Å². The molecule has 0 amide bonds. The summed E-state index contributed by atoms with van der Waals surface area (Å²) in [4.78, 5) is 15.5. The van der Waals surface area contributed by atoms with Crippen LogP contribution in [-0.4, -0.2) is 25.8 Å². The molecule has 0 radical (unpaired) electrons. The summed E-state index contributed by atoms with van der Waals surface area (Å²) >= 11 is 0. The standard InChI is InChI=1S/C21H21N5O2/c1-3-15(9-21(27)28)16-5-6-18(17-12-24-26(2)13-17)19(8-16)25-20-7-4-14(10-22)11-23-20/h4-8,11-13,15H,3,9H2,1-2H3,(H,23,25)(H,27,28). The lowest BCUT2D eigenvalue weighted by Gasteiger charge is -2.17. The second-order valence-corrected chi connectivity index (χ2v) is 6.58. The molecule has 0 aliphatic rings. The number of nitriles is 1. The summed E-state index contributed by atoms with van der Waals surface area (Å²) in [5.74, 6) is -0.283. The number of benzene rings is 1. The Balaban J connectivity index is 2.02. The Morgan fingerprint density at radius 3 is 2.71 bits per heavy atom. The molecule has 7 heteroatoms. The molecule has 0 aliphatic carbocycles. The van der Waals surface area contributed by atoms with Crippen LogP contribution in [0.25, 0.3) is 11.1 Å². The van der Waals surface area contributed by atoms with Gasteiger partial charge in [0.1, 0.15) is 11.9 Å². The van der Waals surface area contributed by atoms with E-state index in [-0.39, 0.29) is 12.3 Å². The third kappa shape index (κ3) is 4.35. The fraction of sp³-hybridized carbons (Fsp3) is 0.238. The third-order valence-electron chi connectivity index (χ3n) is 4.60.